The number of aromatic nitrogens is 2. The van der Waals surface area contributed by atoms with Gasteiger partial charge in [-0.3, -0.25) is 14.6 Å². The number of amides is 1. The Morgan fingerprint density at radius 2 is 2.03 bits per heavy atom. The minimum absolute atomic E-state index is 0.00906. The van der Waals surface area contributed by atoms with E-state index in [1.54, 1.807) is 6.92 Å². The Morgan fingerprint density at radius 3 is 2.60 bits per heavy atom. The first kappa shape index (κ1) is 20.4. The van der Waals surface area contributed by atoms with Gasteiger partial charge < -0.3 is 15.5 Å². The molecule has 3 aromatic rings. The number of H-pyrrole nitrogens is 1. The lowest BCUT2D eigenvalue weighted by atomic mass is 9.84. The number of fused-ring (bicyclic) bond motifs is 1. The summed E-state index contributed by atoms with van der Waals surface area (Å²) < 4.78 is 45.8. The smallest absolute Gasteiger partial charge is 0.364 e. The average Bonchev–Trinajstić information content (AvgIpc) is 2.61. The van der Waals surface area contributed by atoms with Crippen LogP contribution in [-0.2, 0) is 10.3 Å². The van der Waals surface area contributed by atoms with E-state index in [4.69, 9.17) is 22.1 Å². The van der Waals surface area contributed by atoms with Gasteiger partial charge in [-0.25, -0.2) is 0 Å². The third kappa shape index (κ3) is 2.96. The van der Waals surface area contributed by atoms with E-state index in [1.165, 1.54) is 30.5 Å². The molecule has 0 bridgehead atoms. The summed E-state index contributed by atoms with van der Waals surface area (Å²) in [5.41, 5.74) is 3.57. The van der Waals surface area contributed by atoms with Crippen molar-refractivity contribution < 1.29 is 22.7 Å². The summed E-state index contributed by atoms with van der Waals surface area (Å²) in [5.74, 6) is -0.847. The lowest BCUT2D eigenvalue weighted by Gasteiger charge is -2.44. The minimum Gasteiger partial charge on any atom is -0.364 e. The third-order valence-corrected chi connectivity index (χ3v) is 5.59. The molecule has 0 saturated carbocycles. The highest BCUT2D eigenvalue weighted by Crippen LogP contribution is 2.52. The maximum Gasteiger partial charge on any atom is 0.421 e. The van der Waals surface area contributed by atoms with Gasteiger partial charge in [0.1, 0.15) is 5.69 Å². The second-order valence-electron chi connectivity index (χ2n) is 7.06. The highest BCUT2D eigenvalue weighted by molar-refractivity contribution is 6.31. The van der Waals surface area contributed by atoms with E-state index in [0.717, 1.165) is 0 Å². The van der Waals surface area contributed by atoms with Crippen LogP contribution in [0.1, 0.15) is 28.0 Å². The standard InChI is InChI=1S/C20H15ClF3N3O3/c1-9-6-11(19(3-5-30-19)20(22,23)24)12(21)7-10(9)14-8-15(28)16-13(27-14)2-4-26-17(16)18(25)29/h2,4,6-8H,3,5H2,1H3,(H2,25,29)(H,27,28)/t19-/m1/s1. The van der Waals surface area contributed by atoms with Crippen molar-refractivity contribution in [3.05, 3.63) is 62.5 Å². The van der Waals surface area contributed by atoms with Crippen LogP contribution in [-0.4, -0.2) is 28.7 Å². The van der Waals surface area contributed by atoms with Gasteiger partial charge >= 0.3 is 6.18 Å². The highest BCUT2D eigenvalue weighted by atomic mass is 35.5. The molecule has 1 saturated heterocycles. The van der Waals surface area contributed by atoms with E-state index in [-0.39, 0.29) is 34.7 Å². The molecule has 3 heterocycles. The summed E-state index contributed by atoms with van der Waals surface area (Å²) in [6, 6.07) is 5.43. The van der Waals surface area contributed by atoms with Gasteiger partial charge in [-0.1, -0.05) is 17.7 Å². The molecule has 1 amide bonds. The first-order valence-electron chi connectivity index (χ1n) is 8.89. The number of nitrogens with zero attached hydrogens (tertiary/aromatic N) is 1. The molecule has 1 aliphatic rings. The number of hydrogen-bond donors (Lipinski definition) is 2. The molecule has 0 aliphatic carbocycles. The Hall–Kier alpha value is -2.91. The predicted octanol–water partition coefficient (Wildman–Crippen LogP) is 3.83. The zero-order valence-electron chi connectivity index (χ0n) is 15.6. The van der Waals surface area contributed by atoms with Crippen molar-refractivity contribution in [3.8, 4) is 11.3 Å². The number of primary amides is 1. The number of aryl methyl sites for hydroxylation is 1. The van der Waals surface area contributed by atoms with Crippen LogP contribution in [0.4, 0.5) is 13.2 Å². The number of benzene rings is 1. The van der Waals surface area contributed by atoms with Gasteiger partial charge in [-0.2, -0.15) is 13.2 Å². The minimum atomic E-state index is -4.61. The van der Waals surface area contributed by atoms with E-state index >= 15 is 0 Å². The number of carbonyl (C=O) groups excluding carboxylic acids is 1. The highest BCUT2D eigenvalue weighted by Gasteiger charge is 2.62. The lowest BCUT2D eigenvalue weighted by Crippen LogP contribution is -2.52. The maximum atomic E-state index is 13.6. The predicted molar refractivity (Wildman–Crippen MR) is 104 cm³/mol. The molecule has 1 atom stereocenters. The second-order valence-corrected chi connectivity index (χ2v) is 7.47. The largest absolute Gasteiger partial charge is 0.421 e. The Bertz CT molecular complexity index is 1250. The molecule has 10 heteroatoms. The normalized spacial score (nSPS) is 19.0. The van der Waals surface area contributed by atoms with Crippen molar-refractivity contribution in [2.24, 2.45) is 5.73 Å². The summed E-state index contributed by atoms with van der Waals surface area (Å²) >= 11 is 6.24. The van der Waals surface area contributed by atoms with Crippen LogP contribution in [0.15, 0.2) is 35.3 Å². The fourth-order valence-electron chi connectivity index (χ4n) is 3.71. The maximum absolute atomic E-state index is 13.6. The lowest BCUT2D eigenvalue weighted by molar-refractivity contribution is -0.333. The molecular formula is C20H15ClF3N3O3. The zero-order valence-corrected chi connectivity index (χ0v) is 16.3. The molecule has 4 rings (SSSR count). The Morgan fingerprint density at radius 1 is 1.33 bits per heavy atom. The molecule has 1 aromatic carbocycles. The summed E-state index contributed by atoms with van der Waals surface area (Å²) in [6.07, 6.45) is -3.50. The summed E-state index contributed by atoms with van der Waals surface area (Å²) in [4.78, 5) is 31.0. The topological polar surface area (TPSA) is 98.1 Å². The number of rotatable bonds is 3. The van der Waals surface area contributed by atoms with Gasteiger partial charge in [0.2, 0.25) is 0 Å². The number of pyridine rings is 2. The number of nitrogens with one attached hydrogen (secondary N) is 1. The molecule has 3 N–H and O–H groups in total. The average molecular weight is 438 g/mol. The van der Waals surface area contributed by atoms with Gasteiger partial charge in [0, 0.05) is 34.8 Å². The van der Waals surface area contributed by atoms with Crippen LogP contribution < -0.4 is 11.2 Å². The van der Waals surface area contributed by atoms with Crippen molar-refractivity contribution in [3.63, 3.8) is 0 Å². The molecule has 6 nitrogen and oxygen atoms in total. The summed E-state index contributed by atoms with van der Waals surface area (Å²) in [6.45, 7) is 1.60. The Labute approximate surface area is 172 Å². The van der Waals surface area contributed by atoms with Crippen molar-refractivity contribution in [1.82, 2.24) is 9.97 Å². The molecule has 0 radical (unpaired) electrons. The second kappa shape index (κ2) is 6.82. The van der Waals surface area contributed by atoms with Crippen LogP contribution in [0.5, 0.6) is 0 Å². The first-order valence-corrected chi connectivity index (χ1v) is 9.26. The fourth-order valence-corrected chi connectivity index (χ4v) is 4.02. The van der Waals surface area contributed by atoms with Crippen LogP contribution in [0, 0.1) is 6.92 Å². The van der Waals surface area contributed by atoms with Crippen molar-refractivity contribution >= 4 is 28.4 Å². The number of ether oxygens (including phenoxy) is 1. The first-order chi connectivity index (χ1) is 14.0. The molecule has 2 aromatic heterocycles. The van der Waals surface area contributed by atoms with Gasteiger partial charge in [0.15, 0.2) is 11.0 Å². The number of carbonyl (C=O) groups is 1. The SMILES string of the molecule is Cc1cc([C@@]2(C(F)(F)F)CCO2)c(Cl)cc1-c1cc(=O)c2c(C(N)=O)nccc2[nH]1. The van der Waals surface area contributed by atoms with E-state index in [1.807, 2.05) is 0 Å². The zero-order chi connectivity index (χ0) is 21.8. The molecule has 1 fully saturated rings. The van der Waals surface area contributed by atoms with Crippen LogP contribution in [0.25, 0.3) is 22.2 Å². The number of alkyl halides is 3. The van der Waals surface area contributed by atoms with Crippen molar-refractivity contribution in [2.75, 3.05) is 6.61 Å². The molecular weight excluding hydrogens is 423 g/mol. The van der Waals surface area contributed by atoms with Gasteiger partial charge in [0.25, 0.3) is 5.91 Å². The van der Waals surface area contributed by atoms with Crippen LogP contribution in [0.3, 0.4) is 0 Å². The van der Waals surface area contributed by atoms with Gasteiger partial charge in [-0.05, 0) is 24.6 Å². The number of halogens is 4. The molecule has 156 valence electrons. The van der Waals surface area contributed by atoms with E-state index in [9.17, 15) is 22.8 Å². The van der Waals surface area contributed by atoms with Gasteiger partial charge in [0.05, 0.1) is 23.2 Å². The van der Waals surface area contributed by atoms with E-state index in [0.29, 0.717) is 22.3 Å². The fraction of sp³-hybridized carbons (Fsp3) is 0.250. The molecule has 30 heavy (non-hydrogen) atoms. The van der Waals surface area contributed by atoms with Crippen molar-refractivity contribution in [1.29, 1.82) is 0 Å². The third-order valence-electron chi connectivity index (χ3n) is 5.28. The number of nitrogens with two attached hydrogens (primary N) is 1. The van der Waals surface area contributed by atoms with Crippen LogP contribution in [0.2, 0.25) is 5.02 Å². The molecule has 1 aliphatic heterocycles. The van der Waals surface area contributed by atoms with Crippen LogP contribution >= 0.6 is 11.6 Å². The molecule has 0 spiro atoms. The van der Waals surface area contributed by atoms with Crippen molar-refractivity contribution in [2.45, 2.75) is 25.1 Å². The summed E-state index contributed by atoms with van der Waals surface area (Å²) in [7, 11) is 0. The van der Waals surface area contributed by atoms with Gasteiger partial charge in [-0.15, -0.1) is 0 Å². The van der Waals surface area contributed by atoms with E-state index in [2.05, 4.69) is 9.97 Å². The quantitative estimate of drug-likeness (QED) is 0.650. The van der Waals surface area contributed by atoms with E-state index < -0.39 is 23.1 Å². The number of aromatic amines is 1. The Kier molecular flexibility index (Phi) is 4.63. The monoisotopic (exact) mass is 437 g/mol. The Balaban J connectivity index is 1.89. The molecule has 0 unspecified atom stereocenters. The number of hydrogen-bond acceptors (Lipinski definition) is 4. The summed E-state index contributed by atoms with van der Waals surface area (Å²) in [5, 5.41) is -0.0888.